The molecule has 6 nitrogen and oxygen atoms in total. The largest absolute Gasteiger partial charge is 0.356 e. The zero-order valence-electron chi connectivity index (χ0n) is 17.0. The van der Waals surface area contributed by atoms with Gasteiger partial charge < -0.3 is 10.6 Å². The van der Waals surface area contributed by atoms with Crippen molar-refractivity contribution in [3.63, 3.8) is 0 Å². The maximum Gasteiger partial charge on any atom is 0.254 e. The molecule has 28 heavy (non-hydrogen) atoms. The molecular weight excluding hydrogens is 352 g/mol. The van der Waals surface area contributed by atoms with E-state index in [1.807, 2.05) is 18.5 Å². The Morgan fingerprint density at radius 3 is 2.71 bits per heavy atom. The normalized spacial score (nSPS) is 15.9. The van der Waals surface area contributed by atoms with Gasteiger partial charge in [-0.2, -0.15) is 5.10 Å². The fourth-order valence-electron chi connectivity index (χ4n) is 3.56. The molecule has 0 fully saturated rings. The quantitative estimate of drug-likeness (QED) is 0.773. The van der Waals surface area contributed by atoms with Crippen LogP contribution in [0.15, 0.2) is 30.5 Å². The lowest BCUT2D eigenvalue weighted by Gasteiger charge is -2.24. The van der Waals surface area contributed by atoms with Gasteiger partial charge in [0, 0.05) is 25.6 Å². The number of hydrogen-bond donors (Lipinski definition) is 2. The molecule has 2 amide bonds. The van der Waals surface area contributed by atoms with Crippen molar-refractivity contribution < 1.29 is 9.59 Å². The van der Waals surface area contributed by atoms with Crippen LogP contribution in [0.25, 0.3) is 0 Å². The van der Waals surface area contributed by atoms with Gasteiger partial charge in [0.2, 0.25) is 5.91 Å². The Balaban J connectivity index is 1.49. The summed E-state index contributed by atoms with van der Waals surface area (Å²) in [4.78, 5) is 24.6. The van der Waals surface area contributed by atoms with Crippen molar-refractivity contribution in [3.8, 4) is 0 Å². The van der Waals surface area contributed by atoms with Crippen molar-refractivity contribution in [3.05, 3.63) is 52.8 Å². The van der Waals surface area contributed by atoms with Gasteiger partial charge in [-0.15, -0.1) is 0 Å². The number of amides is 2. The zero-order chi connectivity index (χ0) is 20.1. The van der Waals surface area contributed by atoms with Crippen LogP contribution in [0.4, 0.5) is 0 Å². The van der Waals surface area contributed by atoms with E-state index >= 15 is 0 Å². The van der Waals surface area contributed by atoms with E-state index in [1.54, 1.807) is 6.20 Å². The molecule has 2 heterocycles. The average Bonchev–Trinajstić information content (AvgIpc) is 3.08. The minimum Gasteiger partial charge on any atom is -0.356 e. The van der Waals surface area contributed by atoms with Crippen LogP contribution in [-0.2, 0) is 24.2 Å². The highest BCUT2D eigenvalue weighted by molar-refractivity contribution is 5.95. The second-order valence-corrected chi connectivity index (χ2v) is 8.00. The van der Waals surface area contributed by atoms with Crippen molar-refractivity contribution in [2.75, 3.05) is 6.54 Å². The highest BCUT2D eigenvalue weighted by Gasteiger charge is 2.25. The topological polar surface area (TPSA) is 76.0 Å². The zero-order valence-corrected chi connectivity index (χ0v) is 17.0. The Hall–Kier alpha value is -2.63. The van der Waals surface area contributed by atoms with Gasteiger partial charge in [-0.1, -0.05) is 29.8 Å². The van der Waals surface area contributed by atoms with Gasteiger partial charge in [-0.05, 0) is 51.5 Å². The smallest absolute Gasteiger partial charge is 0.254 e. The van der Waals surface area contributed by atoms with Gasteiger partial charge in [0.1, 0.15) is 0 Å². The number of hydrogen-bond acceptors (Lipinski definition) is 3. The molecule has 0 saturated carbocycles. The van der Waals surface area contributed by atoms with E-state index in [4.69, 9.17) is 0 Å². The molecule has 2 N–H and O–H groups in total. The SMILES string of the molecule is Cc1ccc(CCC(=O)NC[C@H]2CCn3ncc(C(=O)NC(C)C)c3C2)cc1. The Labute approximate surface area is 166 Å². The first-order valence-electron chi connectivity index (χ1n) is 10.1. The van der Waals surface area contributed by atoms with Crippen LogP contribution < -0.4 is 10.6 Å². The van der Waals surface area contributed by atoms with Gasteiger partial charge in [-0.25, -0.2) is 0 Å². The number of rotatable bonds is 7. The Bertz CT molecular complexity index is 824. The summed E-state index contributed by atoms with van der Waals surface area (Å²) in [5, 5.41) is 10.4. The molecule has 0 unspecified atom stereocenters. The maximum absolute atomic E-state index is 12.4. The summed E-state index contributed by atoms with van der Waals surface area (Å²) in [7, 11) is 0. The molecule has 6 heteroatoms. The van der Waals surface area contributed by atoms with Gasteiger partial charge in [0.25, 0.3) is 5.91 Å². The molecule has 0 spiro atoms. The highest BCUT2D eigenvalue weighted by Crippen LogP contribution is 2.22. The predicted octanol–water partition coefficient (Wildman–Crippen LogP) is 2.64. The van der Waals surface area contributed by atoms with Crippen LogP contribution in [0.1, 0.15) is 53.9 Å². The monoisotopic (exact) mass is 382 g/mol. The van der Waals surface area contributed by atoms with Crippen molar-refractivity contribution in [2.45, 2.75) is 59.0 Å². The molecule has 1 atom stereocenters. The summed E-state index contributed by atoms with van der Waals surface area (Å²) in [5.41, 5.74) is 4.04. The maximum atomic E-state index is 12.4. The third-order valence-electron chi connectivity index (χ3n) is 5.19. The van der Waals surface area contributed by atoms with Crippen molar-refractivity contribution in [2.24, 2.45) is 5.92 Å². The average molecular weight is 383 g/mol. The number of aryl methyl sites for hydroxylation is 3. The van der Waals surface area contributed by atoms with Gasteiger partial charge in [0.15, 0.2) is 0 Å². The van der Waals surface area contributed by atoms with Gasteiger partial charge in [0.05, 0.1) is 17.5 Å². The van der Waals surface area contributed by atoms with Gasteiger partial charge in [-0.3, -0.25) is 14.3 Å². The number of nitrogens with one attached hydrogen (secondary N) is 2. The number of aromatic nitrogens is 2. The van der Waals surface area contributed by atoms with E-state index in [2.05, 4.69) is 46.9 Å². The van der Waals surface area contributed by atoms with E-state index in [1.165, 1.54) is 11.1 Å². The molecule has 150 valence electrons. The molecule has 1 aliphatic rings. The molecule has 0 saturated heterocycles. The molecule has 1 aromatic heterocycles. The molecule has 0 bridgehead atoms. The summed E-state index contributed by atoms with van der Waals surface area (Å²) >= 11 is 0. The van der Waals surface area contributed by atoms with Crippen LogP contribution in [0.2, 0.25) is 0 Å². The van der Waals surface area contributed by atoms with Gasteiger partial charge >= 0.3 is 0 Å². The third kappa shape index (κ3) is 5.21. The minimum absolute atomic E-state index is 0.0703. The first kappa shape index (κ1) is 20.1. The Morgan fingerprint density at radius 2 is 2.00 bits per heavy atom. The van der Waals surface area contributed by atoms with Crippen molar-refractivity contribution >= 4 is 11.8 Å². The minimum atomic E-state index is -0.0703. The second-order valence-electron chi connectivity index (χ2n) is 8.00. The van der Waals surface area contributed by atoms with E-state index in [0.717, 1.165) is 31.5 Å². The molecule has 1 aromatic carbocycles. The van der Waals surface area contributed by atoms with Crippen LogP contribution in [0, 0.1) is 12.8 Å². The summed E-state index contributed by atoms with van der Waals surface area (Å²) in [5.74, 6) is 0.342. The molecule has 3 rings (SSSR count). The van der Waals surface area contributed by atoms with E-state index in [9.17, 15) is 9.59 Å². The first-order chi connectivity index (χ1) is 13.4. The molecule has 0 aliphatic carbocycles. The molecule has 0 radical (unpaired) electrons. The van der Waals surface area contributed by atoms with E-state index < -0.39 is 0 Å². The second kappa shape index (κ2) is 9.04. The van der Waals surface area contributed by atoms with E-state index in [0.29, 0.717) is 24.4 Å². The molecule has 2 aromatic rings. The number of carbonyl (C=O) groups is 2. The lowest BCUT2D eigenvalue weighted by Crippen LogP contribution is -2.35. The predicted molar refractivity (Wildman–Crippen MR) is 109 cm³/mol. The summed E-state index contributed by atoms with van der Waals surface area (Å²) in [6, 6.07) is 8.40. The highest BCUT2D eigenvalue weighted by atomic mass is 16.2. The summed E-state index contributed by atoms with van der Waals surface area (Å²) in [6.07, 6.45) is 4.63. The number of benzene rings is 1. The lowest BCUT2D eigenvalue weighted by atomic mass is 9.94. The molecule has 1 aliphatic heterocycles. The van der Waals surface area contributed by atoms with Crippen molar-refractivity contribution in [1.29, 1.82) is 0 Å². The van der Waals surface area contributed by atoms with Crippen LogP contribution >= 0.6 is 0 Å². The number of nitrogens with zero attached hydrogens (tertiary/aromatic N) is 2. The van der Waals surface area contributed by atoms with E-state index in [-0.39, 0.29) is 17.9 Å². The third-order valence-corrected chi connectivity index (χ3v) is 5.19. The summed E-state index contributed by atoms with van der Waals surface area (Å²) in [6.45, 7) is 7.38. The fraction of sp³-hybridized carbons (Fsp3) is 0.500. The Morgan fingerprint density at radius 1 is 1.25 bits per heavy atom. The fourth-order valence-corrected chi connectivity index (χ4v) is 3.56. The number of carbonyl (C=O) groups excluding carboxylic acids is 2. The Kier molecular flexibility index (Phi) is 6.49. The number of fused-ring (bicyclic) bond motifs is 1. The molecular formula is C22H30N4O2. The standard InChI is InChI=1S/C22H30N4O2/c1-15(2)25-22(28)19-14-24-26-11-10-18(12-20(19)26)13-23-21(27)9-8-17-6-4-16(3)5-7-17/h4-7,14-15,18H,8-13H2,1-3H3,(H,23,27)(H,25,28)/t18-/m0/s1. The summed E-state index contributed by atoms with van der Waals surface area (Å²) < 4.78 is 1.92. The lowest BCUT2D eigenvalue weighted by molar-refractivity contribution is -0.121. The van der Waals surface area contributed by atoms with Crippen LogP contribution in [0.5, 0.6) is 0 Å². The van der Waals surface area contributed by atoms with Crippen molar-refractivity contribution in [1.82, 2.24) is 20.4 Å². The van der Waals surface area contributed by atoms with Crippen LogP contribution in [-0.4, -0.2) is 34.2 Å². The van der Waals surface area contributed by atoms with Crippen LogP contribution in [0.3, 0.4) is 0 Å². The first-order valence-corrected chi connectivity index (χ1v) is 10.1.